The summed E-state index contributed by atoms with van der Waals surface area (Å²) < 4.78 is 37.6. The van der Waals surface area contributed by atoms with Crippen LogP contribution in [0.25, 0.3) is 10.1 Å². The molecule has 2 aliphatic rings. The lowest BCUT2D eigenvalue weighted by Gasteiger charge is -2.25. The highest BCUT2D eigenvalue weighted by molar-refractivity contribution is 7.23. The molecule has 2 saturated heterocycles. The van der Waals surface area contributed by atoms with Gasteiger partial charge < -0.3 is 10.6 Å². The number of hydrogen-bond acceptors (Lipinski definition) is 5. The van der Waals surface area contributed by atoms with Crippen molar-refractivity contribution in [3.05, 3.63) is 24.0 Å². The molecule has 4 heterocycles. The second-order valence-electron chi connectivity index (χ2n) is 6.54. The fraction of sp³-hybridized carbons (Fsp3) is 0.438. The Morgan fingerprint density at radius 3 is 2.77 bits per heavy atom. The molecule has 2 bridgehead atoms. The molecular formula is C16H15F3N4O2S. The van der Waals surface area contributed by atoms with Crippen LogP contribution in [0.2, 0.25) is 0 Å². The molecule has 0 aromatic carbocycles. The van der Waals surface area contributed by atoms with E-state index in [1.165, 1.54) is 18.3 Å². The van der Waals surface area contributed by atoms with E-state index in [-0.39, 0.29) is 22.8 Å². The molecule has 3 atom stereocenters. The topological polar surface area (TPSA) is 74.3 Å². The second kappa shape index (κ2) is 6.20. The Hall–Kier alpha value is -2.20. The number of carbonyl (C=O) groups is 2. The van der Waals surface area contributed by atoms with Crippen LogP contribution in [-0.4, -0.2) is 47.1 Å². The average Bonchev–Trinajstić information content (AvgIpc) is 3.27. The smallest absolute Gasteiger partial charge is 0.335 e. The van der Waals surface area contributed by atoms with Crippen molar-refractivity contribution in [3.8, 4) is 0 Å². The van der Waals surface area contributed by atoms with Gasteiger partial charge in [0.1, 0.15) is 5.69 Å². The molecule has 2 aromatic rings. The summed E-state index contributed by atoms with van der Waals surface area (Å²) in [5, 5.41) is 5.40. The molecule has 2 aliphatic heterocycles. The number of piperidine rings is 1. The van der Waals surface area contributed by atoms with Crippen molar-refractivity contribution < 1.29 is 22.8 Å². The van der Waals surface area contributed by atoms with Gasteiger partial charge in [0.15, 0.2) is 0 Å². The van der Waals surface area contributed by atoms with Gasteiger partial charge in [-0.2, -0.15) is 13.2 Å². The predicted molar refractivity (Wildman–Crippen MR) is 89.9 cm³/mol. The Labute approximate surface area is 150 Å². The molecule has 0 spiro atoms. The Morgan fingerprint density at radius 2 is 2.12 bits per heavy atom. The van der Waals surface area contributed by atoms with Crippen molar-refractivity contribution in [2.45, 2.75) is 25.2 Å². The number of aromatic nitrogens is 1. The monoisotopic (exact) mass is 384 g/mol. The van der Waals surface area contributed by atoms with Crippen LogP contribution in [0, 0.1) is 5.92 Å². The van der Waals surface area contributed by atoms with Crippen molar-refractivity contribution in [2.24, 2.45) is 5.92 Å². The molecule has 3 unspecified atom stereocenters. The van der Waals surface area contributed by atoms with Gasteiger partial charge >= 0.3 is 12.1 Å². The van der Waals surface area contributed by atoms with Crippen LogP contribution in [0.1, 0.15) is 23.3 Å². The number of halogens is 3. The Kier molecular flexibility index (Phi) is 4.11. The van der Waals surface area contributed by atoms with Crippen molar-refractivity contribution >= 4 is 38.2 Å². The molecule has 26 heavy (non-hydrogen) atoms. The minimum Gasteiger partial charge on any atom is -0.335 e. The second-order valence-corrected chi connectivity index (χ2v) is 7.63. The van der Waals surface area contributed by atoms with E-state index in [4.69, 9.17) is 0 Å². The zero-order chi connectivity index (χ0) is 18.5. The molecule has 2 amide bonds. The lowest BCUT2D eigenvalue weighted by Crippen LogP contribution is -2.45. The number of carbonyl (C=O) groups excluding carboxylic acids is 2. The largest absolute Gasteiger partial charge is 0.471 e. The van der Waals surface area contributed by atoms with Gasteiger partial charge in [0.2, 0.25) is 0 Å². The van der Waals surface area contributed by atoms with Crippen molar-refractivity contribution in [1.82, 2.24) is 15.2 Å². The first-order valence-electron chi connectivity index (χ1n) is 8.12. The maximum Gasteiger partial charge on any atom is 0.471 e. The van der Waals surface area contributed by atoms with Crippen LogP contribution in [0.15, 0.2) is 18.3 Å². The summed E-state index contributed by atoms with van der Waals surface area (Å²) >= 11 is 0.966. The number of alkyl halides is 3. The molecule has 2 N–H and O–H groups in total. The molecule has 4 rings (SSSR count). The Bertz CT molecular complexity index is 882. The van der Waals surface area contributed by atoms with Gasteiger partial charge in [0, 0.05) is 29.4 Å². The Balaban J connectivity index is 1.48. The zero-order valence-electron chi connectivity index (χ0n) is 13.5. The Morgan fingerprint density at radius 1 is 1.31 bits per heavy atom. The number of anilines is 1. The van der Waals surface area contributed by atoms with E-state index in [1.54, 1.807) is 0 Å². The third kappa shape index (κ3) is 3.26. The van der Waals surface area contributed by atoms with E-state index in [2.05, 4.69) is 15.2 Å². The first-order chi connectivity index (χ1) is 12.3. The van der Waals surface area contributed by atoms with Crippen molar-refractivity contribution in [3.63, 3.8) is 0 Å². The molecule has 0 radical (unpaired) electrons. The molecule has 2 aromatic heterocycles. The number of nitrogens with one attached hydrogen (secondary N) is 2. The van der Waals surface area contributed by atoms with Gasteiger partial charge in [-0.15, -0.1) is 11.3 Å². The molecular weight excluding hydrogens is 369 g/mol. The fourth-order valence-corrected chi connectivity index (χ4v) is 4.45. The molecule has 10 heteroatoms. The quantitative estimate of drug-likeness (QED) is 0.853. The van der Waals surface area contributed by atoms with Crippen LogP contribution in [0.4, 0.5) is 18.2 Å². The minimum atomic E-state index is -4.95. The van der Waals surface area contributed by atoms with Crippen LogP contribution < -0.4 is 10.6 Å². The highest BCUT2D eigenvalue weighted by atomic mass is 32.1. The summed E-state index contributed by atoms with van der Waals surface area (Å²) in [7, 11) is 0. The van der Waals surface area contributed by atoms with Gasteiger partial charge in [0.25, 0.3) is 5.91 Å². The summed E-state index contributed by atoms with van der Waals surface area (Å²) in [6.07, 6.45) is -1.41. The number of thiophene rings is 1. The maximum atomic E-state index is 12.4. The molecule has 0 saturated carbocycles. The first kappa shape index (κ1) is 17.2. The van der Waals surface area contributed by atoms with Crippen LogP contribution >= 0.6 is 11.3 Å². The highest BCUT2D eigenvalue weighted by Gasteiger charge is 2.39. The summed E-state index contributed by atoms with van der Waals surface area (Å²) in [6, 6.07) is 2.93. The third-order valence-corrected chi connectivity index (χ3v) is 5.75. The number of hydrogen-bond donors (Lipinski definition) is 2. The lowest BCUT2D eigenvalue weighted by atomic mass is 10.0. The fourth-order valence-electron chi connectivity index (χ4n) is 3.48. The summed E-state index contributed by atoms with van der Waals surface area (Å²) in [5.74, 6) is -1.70. The van der Waals surface area contributed by atoms with Crippen LogP contribution in [0.5, 0.6) is 0 Å². The molecule has 138 valence electrons. The number of pyridine rings is 1. The number of nitrogens with zero attached hydrogens (tertiary/aromatic N) is 2. The zero-order valence-corrected chi connectivity index (χ0v) is 14.3. The first-order valence-corrected chi connectivity index (χ1v) is 8.94. The minimum absolute atomic E-state index is 0.0173. The normalized spacial score (nSPS) is 24.8. The summed E-state index contributed by atoms with van der Waals surface area (Å²) in [4.78, 5) is 29.8. The predicted octanol–water partition coefficient (Wildman–Crippen LogP) is 2.58. The molecule has 2 fully saturated rings. The SMILES string of the molecule is O=C(NC1CC2CCN1C2)c1cc2sc(NC(=O)C(F)(F)F)cc2cn1. The van der Waals surface area contributed by atoms with Crippen LogP contribution in [-0.2, 0) is 4.79 Å². The van der Waals surface area contributed by atoms with Gasteiger partial charge in [0.05, 0.1) is 11.2 Å². The van der Waals surface area contributed by atoms with Gasteiger partial charge in [-0.25, -0.2) is 0 Å². The van der Waals surface area contributed by atoms with E-state index in [0.717, 1.165) is 37.3 Å². The summed E-state index contributed by atoms with van der Waals surface area (Å²) in [5.41, 5.74) is 0.206. The number of fused-ring (bicyclic) bond motifs is 3. The van der Waals surface area contributed by atoms with Gasteiger partial charge in [-0.3, -0.25) is 19.5 Å². The molecule has 0 aliphatic carbocycles. The summed E-state index contributed by atoms with van der Waals surface area (Å²) in [6.45, 7) is 1.99. The molecule has 6 nitrogen and oxygen atoms in total. The number of rotatable bonds is 3. The van der Waals surface area contributed by atoms with Crippen molar-refractivity contribution in [2.75, 3.05) is 18.4 Å². The van der Waals surface area contributed by atoms with E-state index in [9.17, 15) is 22.8 Å². The highest BCUT2D eigenvalue weighted by Crippen LogP contribution is 2.33. The van der Waals surface area contributed by atoms with E-state index in [1.807, 2.05) is 5.32 Å². The standard InChI is InChI=1S/C16H15F3N4O2S/c17-16(18,19)15(25)22-13-4-9-6-20-10(5-11(9)26-13)14(24)21-12-3-8-1-2-23(12)7-8/h4-6,8,12H,1-3,7H2,(H,21,24)(H,22,25). The number of amides is 2. The third-order valence-electron chi connectivity index (χ3n) is 4.74. The van der Waals surface area contributed by atoms with Gasteiger partial charge in [-0.1, -0.05) is 0 Å². The van der Waals surface area contributed by atoms with E-state index >= 15 is 0 Å². The maximum absolute atomic E-state index is 12.4. The van der Waals surface area contributed by atoms with E-state index < -0.39 is 12.1 Å². The van der Waals surface area contributed by atoms with Gasteiger partial charge in [-0.05, 0) is 30.9 Å². The van der Waals surface area contributed by atoms with Crippen molar-refractivity contribution in [1.29, 1.82) is 0 Å². The van der Waals surface area contributed by atoms with E-state index in [0.29, 0.717) is 16.0 Å². The van der Waals surface area contributed by atoms with Crippen LogP contribution in [0.3, 0.4) is 0 Å². The average molecular weight is 384 g/mol. The lowest BCUT2D eigenvalue weighted by molar-refractivity contribution is -0.167.